The van der Waals surface area contributed by atoms with Gasteiger partial charge in [-0.15, -0.1) is 12.4 Å². The highest BCUT2D eigenvalue weighted by molar-refractivity contribution is 7.89. The number of sulfonamides is 1. The van der Waals surface area contributed by atoms with E-state index in [-0.39, 0.29) is 54.8 Å². The zero-order valence-corrected chi connectivity index (χ0v) is 17.5. The maximum absolute atomic E-state index is 13.1. The predicted molar refractivity (Wildman–Crippen MR) is 108 cm³/mol. The van der Waals surface area contributed by atoms with Gasteiger partial charge >= 0.3 is 0 Å². The van der Waals surface area contributed by atoms with Gasteiger partial charge in [-0.25, -0.2) is 8.42 Å². The average Bonchev–Trinajstić information content (AvgIpc) is 3.20. The van der Waals surface area contributed by atoms with Gasteiger partial charge in [-0.3, -0.25) is 9.59 Å². The molecule has 156 valence electrons. The van der Waals surface area contributed by atoms with Crippen LogP contribution >= 0.6 is 12.4 Å². The number of hydrogen-bond donors (Lipinski definition) is 2. The molecule has 0 spiro atoms. The van der Waals surface area contributed by atoms with Crippen molar-refractivity contribution >= 4 is 34.2 Å². The molecular weight excluding hydrogens is 404 g/mol. The molecule has 2 aliphatic heterocycles. The number of amides is 2. The van der Waals surface area contributed by atoms with Crippen LogP contribution in [0, 0.1) is 0 Å². The monoisotopic (exact) mass is 430 g/mol. The first-order chi connectivity index (χ1) is 12.9. The minimum absolute atomic E-state index is 0. The Morgan fingerprint density at radius 1 is 1.32 bits per heavy atom. The molecule has 2 fully saturated rings. The van der Waals surface area contributed by atoms with E-state index < -0.39 is 10.0 Å². The van der Waals surface area contributed by atoms with Crippen LogP contribution < -0.4 is 10.6 Å². The molecule has 1 aromatic rings. The number of carbonyl (C=O) groups excluding carboxylic acids is 2. The van der Waals surface area contributed by atoms with Crippen molar-refractivity contribution in [3.05, 3.63) is 29.8 Å². The van der Waals surface area contributed by atoms with Crippen LogP contribution in [0.3, 0.4) is 0 Å². The van der Waals surface area contributed by atoms with Gasteiger partial charge in [-0.1, -0.05) is 13.0 Å². The molecule has 1 aromatic carbocycles. The quantitative estimate of drug-likeness (QED) is 0.682. The fourth-order valence-electron chi connectivity index (χ4n) is 3.52. The maximum Gasteiger partial charge on any atom is 0.254 e. The molecule has 2 heterocycles. The summed E-state index contributed by atoms with van der Waals surface area (Å²) in [6.45, 7) is 4.60. The van der Waals surface area contributed by atoms with Crippen molar-refractivity contribution in [3.8, 4) is 0 Å². The summed E-state index contributed by atoms with van der Waals surface area (Å²) >= 11 is 0. The topological polar surface area (TPSA) is 98.8 Å². The molecule has 2 saturated heterocycles. The van der Waals surface area contributed by atoms with Crippen LogP contribution in [0.25, 0.3) is 0 Å². The van der Waals surface area contributed by atoms with Crippen LogP contribution in [0.15, 0.2) is 29.2 Å². The summed E-state index contributed by atoms with van der Waals surface area (Å²) in [4.78, 5) is 26.5. The molecule has 2 amide bonds. The second kappa shape index (κ2) is 9.69. The van der Waals surface area contributed by atoms with Gasteiger partial charge in [-0.2, -0.15) is 4.31 Å². The first-order valence-corrected chi connectivity index (χ1v) is 10.8. The van der Waals surface area contributed by atoms with Crippen molar-refractivity contribution in [3.63, 3.8) is 0 Å². The minimum atomic E-state index is -3.82. The summed E-state index contributed by atoms with van der Waals surface area (Å²) in [5, 5.41) is 5.88. The molecule has 10 heteroatoms. The van der Waals surface area contributed by atoms with Gasteiger partial charge in [0.1, 0.15) is 0 Å². The lowest BCUT2D eigenvalue weighted by atomic mass is 10.1. The second-order valence-electron chi connectivity index (χ2n) is 6.86. The Morgan fingerprint density at radius 3 is 2.75 bits per heavy atom. The number of benzene rings is 1. The predicted octanol–water partition coefficient (Wildman–Crippen LogP) is 0.443. The van der Waals surface area contributed by atoms with E-state index in [1.807, 2.05) is 11.8 Å². The van der Waals surface area contributed by atoms with E-state index in [2.05, 4.69) is 10.6 Å². The van der Waals surface area contributed by atoms with E-state index in [1.54, 1.807) is 12.1 Å². The lowest BCUT2D eigenvalue weighted by Gasteiger charge is -2.29. The molecule has 0 aliphatic carbocycles. The van der Waals surface area contributed by atoms with Gasteiger partial charge in [0.05, 0.1) is 11.4 Å². The highest BCUT2D eigenvalue weighted by Crippen LogP contribution is 2.20. The standard InChI is InChI=1S/C18H26N4O4S.ClH/c1-2-9-22(15-6-7-19-12-15)18(24)14-4-3-5-16(11-14)27(25,26)21-10-8-20-17(23)13-21;/h3-5,11,15,19H,2,6-10,12-13H2,1H3,(H,20,23);1H. The molecule has 0 aromatic heterocycles. The molecule has 3 rings (SSSR count). The lowest BCUT2D eigenvalue weighted by molar-refractivity contribution is -0.122. The molecule has 0 saturated carbocycles. The third-order valence-electron chi connectivity index (χ3n) is 4.92. The van der Waals surface area contributed by atoms with Gasteiger partial charge in [0, 0.05) is 37.8 Å². The largest absolute Gasteiger partial charge is 0.354 e. The van der Waals surface area contributed by atoms with Gasteiger partial charge < -0.3 is 15.5 Å². The highest BCUT2D eigenvalue weighted by Gasteiger charge is 2.31. The molecular formula is C18H27ClN4O4S. The van der Waals surface area contributed by atoms with Gasteiger partial charge in [-0.05, 0) is 37.6 Å². The zero-order valence-electron chi connectivity index (χ0n) is 15.9. The van der Waals surface area contributed by atoms with Crippen molar-refractivity contribution in [2.24, 2.45) is 0 Å². The van der Waals surface area contributed by atoms with E-state index in [4.69, 9.17) is 0 Å². The van der Waals surface area contributed by atoms with E-state index in [1.165, 1.54) is 12.1 Å². The molecule has 28 heavy (non-hydrogen) atoms. The first kappa shape index (κ1) is 22.6. The number of hydrogen-bond acceptors (Lipinski definition) is 5. The molecule has 1 unspecified atom stereocenters. The summed E-state index contributed by atoms with van der Waals surface area (Å²) < 4.78 is 26.9. The smallest absolute Gasteiger partial charge is 0.254 e. The second-order valence-corrected chi connectivity index (χ2v) is 8.80. The third kappa shape index (κ3) is 4.83. The van der Waals surface area contributed by atoms with Gasteiger partial charge in [0.25, 0.3) is 5.91 Å². The maximum atomic E-state index is 13.1. The molecule has 2 N–H and O–H groups in total. The Morgan fingerprint density at radius 2 is 2.11 bits per heavy atom. The van der Waals surface area contributed by atoms with Crippen molar-refractivity contribution < 1.29 is 18.0 Å². The van der Waals surface area contributed by atoms with E-state index >= 15 is 0 Å². The minimum Gasteiger partial charge on any atom is -0.354 e. The molecule has 8 nitrogen and oxygen atoms in total. The van der Waals surface area contributed by atoms with Crippen LogP contribution in [-0.2, 0) is 14.8 Å². The van der Waals surface area contributed by atoms with Gasteiger partial charge in [0.2, 0.25) is 15.9 Å². The van der Waals surface area contributed by atoms with Crippen molar-refractivity contribution in [1.82, 2.24) is 19.8 Å². The van der Waals surface area contributed by atoms with E-state index in [9.17, 15) is 18.0 Å². The van der Waals surface area contributed by atoms with E-state index in [0.29, 0.717) is 12.1 Å². The zero-order chi connectivity index (χ0) is 19.4. The summed E-state index contributed by atoms with van der Waals surface area (Å²) in [6, 6.07) is 6.26. The fraction of sp³-hybridized carbons (Fsp3) is 0.556. The Labute approximate surface area is 172 Å². The molecule has 2 aliphatic rings. The highest BCUT2D eigenvalue weighted by atomic mass is 35.5. The van der Waals surface area contributed by atoms with Crippen molar-refractivity contribution in [2.45, 2.75) is 30.7 Å². The number of piperazine rings is 1. The molecule has 1 atom stereocenters. The Kier molecular flexibility index (Phi) is 7.82. The Balaban J connectivity index is 0.00000280. The summed E-state index contributed by atoms with van der Waals surface area (Å²) in [7, 11) is -3.82. The SMILES string of the molecule is CCCN(C(=O)c1cccc(S(=O)(=O)N2CCNC(=O)C2)c1)C1CCNC1.Cl. The van der Waals surface area contributed by atoms with Crippen LogP contribution in [-0.4, -0.2) is 74.7 Å². The third-order valence-corrected chi connectivity index (χ3v) is 6.76. The Bertz CT molecular complexity index is 812. The summed E-state index contributed by atoms with van der Waals surface area (Å²) in [5.41, 5.74) is 0.359. The van der Waals surface area contributed by atoms with E-state index in [0.717, 1.165) is 30.2 Å². The van der Waals surface area contributed by atoms with Gasteiger partial charge in [0.15, 0.2) is 0 Å². The number of rotatable bonds is 6. The van der Waals surface area contributed by atoms with Crippen LogP contribution in [0.2, 0.25) is 0 Å². The number of nitrogens with one attached hydrogen (secondary N) is 2. The summed E-state index contributed by atoms with van der Waals surface area (Å²) in [5.74, 6) is -0.473. The number of halogens is 1. The Hall–Kier alpha value is -1.68. The van der Waals surface area contributed by atoms with Crippen LogP contribution in [0.4, 0.5) is 0 Å². The van der Waals surface area contributed by atoms with Crippen LogP contribution in [0.1, 0.15) is 30.1 Å². The summed E-state index contributed by atoms with van der Waals surface area (Å²) in [6.07, 6.45) is 1.73. The first-order valence-electron chi connectivity index (χ1n) is 9.32. The lowest BCUT2D eigenvalue weighted by Crippen LogP contribution is -2.49. The molecule has 0 bridgehead atoms. The van der Waals surface area contributed by atoms with Crippen molar-refractivity contribution in [1.29, 1.82) is 0 Å². The fourth-order valence-corrected chi connectivity index (χ4v) is 4.96. The number of carbonyl (C=O) groups is 2. The average molecular weight is 431 g/mol. The van der Waals surface area contributed by atoms with Crippen LogP contribution in [0.5, 0.6) is 0 Å². The molecule has 0 radical (unpaired) electrons. The van der Waals surface area contributed by atoms with Crippen molar-refractivity contribution in [2.75, 3.05) is 39.3 Å². The normalized spacial score (nSPS) is 20.3. The number of nitrogens with zero attached hydrogens (tertiary/aromatic N) is 2.